The first kappa shape index (κ1) is 25.3. The second-order valence-electron chi connectivity index (χ2n) is 9.41. The molecule has 2 atom stereocenters. The number of carbonyl (C=O) groups is 2. The van der Waals surface area contributed by atoms with Crippen molar-refractivity contribution in [1.29, 1.82) is 0 Å². The van der Waals surface area contributed by atoms with Crippen LogP contribution in [0, 0.1) is 10.8 Å². The Kier molecular flexibility index (Phi) is 8.60. The van der Waals surface area contributed by atoms with Gasteiger partial charge in [-0.15, -0.1) is 0 Å². The second kappa shape index (κ2) is 10.6. The summed E-state index contributed by atoms with van der Waals surface area (Å²) in [5.41, 5.74) is -1.29. The Morgan fingerprint density at radius 1 is 1.03 bits per heavy atom. The van der Waals surface area contributed by atoms with Crippen molar-refractivity contribution in [3.05, 3.63) is 41.0 Å². The molecule has 1 aromatic rings. The average Bonchev–Trinajstić information content (AvgIpc) is 2.67. The fraction of sp³-hybridized carbons (Fsp3) is 0.583. The molecule has 0 saturated carbocycles. The van der Waals surface area contributed by atoms with Crippen LogP contribution in [0.25, 0.3) is 0 Å². The molecule has 2 rings (SSSR count). The van der Waals surface area contributed by atoms with Crippen LogP contribution < -0.4 is 0 Å². The maximum Gasteiger partial charge on any atom is 0.311 e. The van der Waals surface area contributed by atoms with E-state index in [1.165, 1.54) is 11.8 Å². The summed E-state index contributed by atoms with van der Waals surface area (Å²) in [5.74, 6) is -0.205. The van der Waals surface area contributed by atoms with Gasteiger partial charge < -0.3 is 18.9 Å². The van der Waals surface area contributed by atoms with Crippen LogP contribution in [0.2, 0.25) is 0 Å². The Balaban J connectivity index is 2.39. The molecular weight excluding hydrogens is 416 g/mol. The van der Waals surface area contributed by atoms with Crippen LogP contribution in [0.3, 0.4) is 0 Å². The van der Waals surface area contributed by atoms with E-state index in [0.29, 0.717) is 23.7 Å². The van der Waals surface area contributed by atoms with Gasteiger partial charge in [0.1, 0.15) is 12.7 Å². The molecule has 1 aliphatic heterocycles. The van der Waals surface area contributed by atoms with E-state index in [4.69, 9.17) is 18.9 Å². The van der Waals surface area contributed by atoms with Crippen molar-refractivity contribution in [2.45, 2.75) is 72.2 Å². The summed E-state index contributed by atoms with van der Waals surface area (Å²) in [6.45, 7) is 13.1. The third kappa shape index (κ3) is 7.58. The van der Waals surface area contributed by atoms with Crippen LogP contribution in [-0.2, 0) is 28.5 Å². The topological polar surface area (TPSA) is 71.1 Å². The second-order valence-corrected chi connectivity index (χ2v) is 10.5. The zero-order valence-electron chi connectivity index (χ0n) is 19.5. The summed E-state index contributed by atoms with van der Waals surface area (Å²) >= 11 is 1.44. The van der Waals surface area contributed by atoms with Gasteiger partial charge >= 0.3 is 11.9 Å². The third-order valence-corrected chi connectivity index (χ3v) is 5.60. The number of hydrogen-bond donors (Lipinski definition) is 0. The van der Waals surface area contributed by atoms with Crippen molar-refractivity contribution in [3.8, 4) is 0 Å². The molecule has 0 saturated heterocycles. The zero-order valence-corrected chi connectivity index (χ0v) is 20.3. The number of carbonyl (C=O) groups excluding carboxylic acids is 2. The van der Waals surface area contributed by atoms with E-state index >= 15 is 0 Å². The molecule has 0 radical (unpaired) electrons. The van der Waals surface area contributed by atoms with Crippen molar-refractivity contribution in [1.82, 2.24) is 0 Å². The van der Waals surface area contributed by atoms with Crippen LogP contribution in [0.1, 0.15) is 54.9 Å². The van der Waals surface area contributed by atoms with Crippen LogP contribution in [0.15, 0.2) is 45.9 Å². The van der Waals surface area contributed by atoms with Crippen LogP contribution in [0.5, 0.6) is 0 Å². The van der Waals surface area contributed by atoms with E-state index in [9.17, 15) is 9.59 Å². The van der Waals surface area contributed by atoms with E-state index in [-0.39, 0.29) is 18.5 Å². The maximum absolute atomic E-state index is 12.7. The van der Waals surface area contributed by atoms with Gasteiger partial charge in [0.2, 0.25) is 6.29 Å². The van der Waals surface area contributed by atoms with Crippen molar-refractivity contribution >= 4 is 23.7 Å². The van der Waals surface area contributed by atoms with Crippen molar-refractivity contribution in [2.24, 2.45) is 10.8 Å². The molecule has 0 fully saturated rings. The zero-order chi connectivity index (χ0) is 23.2. The Labute approximate surface area is 189 Å². The molecule has 1 heterocycles. The van der Waals surface area contributed by atoms with E-state index < -0.39 is 23.2 Å². The number of thioether (sulfide) groups is 1. The summed E-state index contributed by atoms with van der Waals surface area (Å²) in [6, 6.07) is 9.74. The summed E-state index contributed by atoms with van der Waals surface area (Å²) < 4.78 is 23.2. The lowest BCUT2D eigenvalue weighted by Crippen LogP contribution is -2.37. The molecule has 0 amide bonds. The van der Waals surface area contributed by atoms with Gasteiger partial charge in [0.25, 0.3) is 0 Å². The van der Waals surface area contributed by atoms with E-state index in [2.05, 4.69) is 0 Å². The largest absolute Gasteiger partial charge is 0.464 e. The number of ether oxygens (including phenoxy) is 4. The quantitative estimate of drug-likeness (QED) is 0.521. The summed E-state index contributed by atoms with van der Waals surface area (Å²) in [5, 5.41) is 0. The molecule has 0 N–H and O–H groups in total. The molecule has 1 aliphatic rings. The molecular formula is C24H34O6S. The molecule has 0 aliphatic carbocycles. The van der Waals surface area contributed by atoms with Gasteiger partial charge in [0.15, 0.2) is 5.76 Å². The Bertz CT molecular complexity index is 789. The Hall–Kier alpha value is -1.99. The number of hydrogen-bond acceptors (Lipinski definition) is 7. The highest BCUT2D eigenvalue weighted by Gasteiger charge is 2.37. The van der Waals surface area contributed by atoms with Crippen LogP contribution in [0.4, 0.5) is 0 Å². The molecule has 0 spiro atoms. The minimum atomic E-state index is -0.652. The standard InChI is InChI=1S/C24H34O6S/c1-8-27-19-14-17(30-22(26)24(5,6)7)20(31-16-12-10-9-11-13-16)18(29-19)15-28-21(25)23(2,3)4/h9-13,17,19H,8,14-15H2,1-7H3/t17-,19+/m1/s1. The first-order valence-electron chi connectivity index (χ1n) is 10.5. The van der Waals surface area contributed by atoms with Crippen LogP contribution in [-0.4, -0.2) is 37.5 Å². The maximum atomic E-state index is 12.7. The van der Waals surface area contributed by atoms with E-state index in [0.717, 1.165) is 4.90 Å². The van der Waals surface area contributed by atoms with Crippen molar-refractivity contribution < 1.29 is 28.5 Å². The summed E-state index contributed by atoms with van der Waals surface area (Å²) in [6.07, 6.45) is -0.793. The first-order valence-corrected chi connectivity index (χ1v) is 11.4. The monoisotopic (exact) mass is 450 g/mol. The Morgan fingerprint density at radius 3 is 2.19 bits per heavy atom. The fourth-order valence-corrected chi connectivity index (χ4v) is 3.66. The number of esters is 2. The normalized spacial score (nSPS) is 19.6. The lowest BCUT2D eigenvalue weighted by atomic mass is 9.97. The van der Waals surface area contributed by atoms with Crippen molar-refractivity contribution in [3.63, 3.8) is 0 Å². The van der Waals surface area contributed by atoms with Gasteiger partial charge in [-0.3, -0.25) is 9.59 Å². The average molecular weight is 451 g/mol. The predicted octanol–water partition coefficient (Wildman–Crippen LogP) is 5.32. The van der Waals surface area contributed by atoms with E-state index in [1.807, 2.05) is 58.0 Å². The van der Waals surface area contributed by atoms with Gasteiger partial charge in [0.05, 0.1) is 22.2 Å². The molecule has 0 aromatic heterocycles. The lowest BCUT2D eigenvalue weighted by molar-refractivity contribution is -0.175. The first-order chi connectivity index (χ1) is 14.4. The molecule has 172 valence electrons. The minimum Gasteiger partial charge on any atom is -0.464 e. The molecule has 0 unspecified atom stereocenters. The smallest absolute Gasteiger partial charge is 0.311 e. The summed E-state index contributed by atoms with van der Waals surface area (Å²) in [7, 11) is 0. The molecule has 6 nitrogen and oxygen atoms in total. The van der Waals surface area contributed by atoms with Gasteiger partial charge in [-0.05, 0) is 60.6 Å². The highest BCUT2D eigenvalue weighted by atomic mass is 32.2. The van der Waals surface area contributed by atoms with Crippen molar-refractivity contribution in [2.75, 3.05) is 13.2 Å². The number of benzene rings is 1. The summed E-state index contributed by atoms with van der Waals surface area (Å²) in [4.78, 5) is 26.7. The van der Waals surface area contributed by atoms with Crippen LogP contribution >= 0.6 is 11.8 Å². The fourth-order valence-electron chi connectivity index (χ4n) is 2.61. The molecule has 7 heteroatoms. The van der Waals surface area contributed by atoms with E-state index in [1.54, 1.807) is 20.8 Å². The van der Waals surface area contributed by atoms with Gasteiger partial charge in [-0.1, -0.05) is 30.0 Å². The Morgan fingerprint density at radius 2 is 1.65 bits per heavy atom. The van der Waals surface area contributed by atoms with Gasteiger partial charge in [-0.25, -0.2) is 0 Å². The van der Waals surface area contributed by atoms with Gasteiger partial charge in [0, 0.05) is 11.5 Å². The highest BCUT2D eigenvalue weighted by Crippen LogP contribution is 2.40. The molecule has 1 aromatic carbocycles. The third-order valence-electron chi connectivity index (χ3n) is 4.38. The predicted molar refractivity (Wildman–Crippen MR) is 120 cm³/mol. The SMILES string of the molecule is CCO[C@@H]1C[C@@H](OC(=O)C(C)(C)C)C(Sc2ccccc2)=C(COC(=O)C(C)(C)C)O1. The molecule has 31 heavy (non-hydrogen) atoms. The van der Waals surface area contributed by atoms with Gasteiger partial charge in [-0.2, -0.15) is 0 Å². The highest BCUT2D eigenvalue weighted by molar-refractivity contribution is 8.03. The lowest BCUT2D eigenvalue weighted by Gasteiger charge is -2.34. The minimum absolute atomic E-state index is 0.0571. The number of rotatable bonds is 7. The molecule has 0 bridgehead atoms.